The predicted molar refractivity (Wildman–Crippen MR) is 80.3 cm³/mol. The molecule has 0 radical (unpaired) electrons. The van der Waals surface area contributed by atoms with Gasteiger partial charge in [-0.15, -0.1) is 0 Å². The highest BCUT2D eigenvalue weighted by molar-refractivity contribution is 5.38. The molecule has 1 aromatic heterocycles. The van der Waals surface area contributed by atoms with Crippen LogP contribution in [-0.2, 0) is 0 Å². The summed E-state index contributed by atoms with van der Waals surface area (Å²) in [7, 11) is 0. The van der Waals surface area contributed by atoms with Gasteiger partial charge in [-0.3, -0.25) is 4.98 Å². The Morgan fingerprint density at radius 3 is 2.43 bits per heavy atom. The van der Waals surface area contributed by atoms with Gasteiger partial charge in [0.1, 0.15) is 11.6 Å². The van der Waals surface area contributed by atoms with Crippen LogP contribution in [0.1, 0.15) is 41.0 Å². The van der Waals surface area contributed by atoms with Crippen molar-refractivity contribution in [1.29, 1.82) is 0 Å². The molecule has 0 aliphatic rings. The third-order valence-corrected chi connectivity index (χ3v) is 3.59. The van der Waals surface area contributed by atoms with Crippen molar-refractivity contribution >= 4 is 0 Å². The quantitative estimate of drug-likeness (QED) is 0.921. The summed E-state index contributed by atoms with van der Waals surface area (Å²) in [6.07, 6.45) is 0. The van der Waals surface area contributed by atoms with Crippen molar-refractivity contribution in [2.24, 2.45) is 0 Å². The first kappa shape index (κ1) is 15.6. The molecule has 112 valence electrons. The number of hydrogen-bond donors (Lipinski definition) is 1. The van der Waals surface area contributed by atoms with Crippen molar-refractivity contribution in [2.45, 2.75) is 33.7 Å². The molecule has 0 aliphatic carbocycles. The highest BCUT2D eigenvalue weighted by Crippen LogP contribution is 2.30. The number of hydrogen-bond acceptors (Lipinski definition) is 2. The predicted octanol–water partition coefficient (Wildman–Crippen LogP) is 3.98. The molecule has 1 unspecified atom stereocenters. The lowest BCUT2D eigenvalue weighted by atomic mass is 9.94. The van der Waals surface area contributed by atoms with Crippen molar-refractivity contribution in [2.75, 3.05) is 6.54 Å². The van der Waals surface area contributed by atoms with E-state index in [0.717, 1.165) is 17.0 Å². The van der Waals surface area contributed by atoms with E-state index in [1.54, 1.807) is 6.92 Å². The van der Waals surface area contributed by atoms with E-state index in [4.69, 9.17) is 0 Å². The molecule has 0 fully saturated rings. The Morgan fingerprint density at radius 1 is 1.10 bits per heavy atom. The lowest BCUT2D eigenvalue weighted by Gasteiger charge is -2.22. The Morgan fingerprint density at radius 2 is 1.81 bits per heavy atom. The number of benzene rings is 1. The minimum absolute atomic E-state index is 0.0607. The van der Waals surface area contributed by atoms with Gasteiger partial charge in [-0.2, -0.15) is 0 Å². The molecular weight excluding hydrogens is 270 g/mol. The summed E-state index contributed by atoms with van der Waals surface area (Å²) in [5.41, 5.74) is 2.96. The van der Waals surface area contributed by atoms with Gasteiger partial charge < -0.3 is 5.32 Å². The lowest BCUT2D eigenvalue weighted by molar-refractivity contribution is 0.505. The third kappa shape index (κ3) is 3.10. The lowest BCUT2D eigenvalue weighted by Crippen LogP contribution is -2.25. The smallest absolute Gasteiger partial charge is 0.134 e. The summed E-state index contributed by atoms with van der Waals surface area (Å²) in [5.74, 6) is -1.04. The second-order valence-corrected chi connectivity index (χ2v) is 5.21. The molecule has 2 nitrogen and oxygen atoms in total. The van der Waals surface area contributed by atoms with Crippen LogP contribution in [0.15, 0.2) is 24.3 Å². The van der Waals surface area contributed by atoms with Gasteiger partial charge >= 0.3 is 0 Å². The van der Waals surface area contributed by atoms with Crippen molar-refractivity contribution < 1.29 is 8.78 Å². The van der Waals surface area contributed by atoms with Crippen molar-refractivity contribution in [3.8, 4) is 0 Å². The fraction of sp³-hybridized carbons (Fsp3) is 0.353. The molecule has 21 heavy (non-hydrogen) atoms. The minimum Gasteiger partial charge on any atom is -0.306 e. The molecule has 0 bridgehead atoms. The van der Waals surface area contributed by atoms with Gasteiger partial charge in [-0.25, -0.2) is 8.78 Å². The van der Waals surface area contributed by atoms with Crippen LogP contribution >= 0.6 is 0 Å². The van der Waals surface area contributed by atoms with E-state index in [2.05, 4.69) is 10.3 Å². The van der Waals surface area contributed by atoms with Gasteiger partial charge in [0, 0.05) is 17.0 Å². The Kier molecular flexibility index (Phi) is 4.68. The summed E-state index contributed by atoms with van der Waals surface area (Å²) in [5, 5.41) is 3.16. The molecule has 1 N–H and O–H groups in total. The number of aryl methyl sites for hydroxylation is 3. The Bertz CT molecular complexity index is 653. The zero-order valence-electron chi connectivity index (χ0n) is 12.8. The average Bonchev–Trinajstić information content (AvgIpc) is 2.43. The second-order valence-electron chi connectivity index (χ2n) is 5.21. The SMILES string of the molecule is CCNC(c1ccc(C)nc1C)c1c(F)ccc(C)c1F. The van der Waals surface area contributed by atoms with E-state index in [1.807, 2.05) is 32.9 Å². The van der Waals surface area contributed by atoms with E-state index in [9.17, 15) is 8.78 Å². The van der Waals surface area contributed by atoms with Crippen molar-refractivity contribution in [3.05, 3.63) is 64.0 Å². The maximum atomic E-state index is 14.4. The molecule has 1 heterocycles. The summed E-state index contributed by atoms with van der Waals surface area (Å²) < 4.78 is 28.6. The first-order valence-corrected chi connectivity index (χ1v) is 7.07. The molecule has 0 spiro atoms. The van der Waals surface area contributed by atoms with Crippen LogP contribution in [0, 0.1) is 32.4 Å². The number of pyridine rings is 1. The summed E-state index contributed by atoms with van der Waals surface area (Å²) >= 11 is 0. The summed E-state index contributed by atoms with van der Waals surface area (Å²) in [6, 6.07) is 5.97. The molecule has 2 rings (SSSR count). The highest BCUT2D eigenvalue weighted by atomic mass is 19.1. The summed E-state index contributed by atoms with van der Waals surface area (Å²) in [6.45, 7) is 7.91. The number of halogens is 2. The Balaban J connectivity index is 2.61. The van der Waals surface area contributed by atoms with Gasteiger partial charge in [0.15, 0.2) is 0 Å². The first-order valence-electron chi connectivity index (χ1n) is 7.07. The van der Waals surface area contributed by atoms with Crippen LogP contribution in [0.4, 0.5) is 8.78 Å². The van der Waals surface area contributed by atoms with Gasteiger partial charge in [0.05, 0.1) is 6.04 Å². The van der Waals surface area contributed by atoms with Crippen LogP contribution in [0.3, 0.4) is 0 Å². The zero-order chi connectivity index (χ0) is 15.6. The van der Waals surface area contributed by atoms with Gasteiger partial charge in [0.2, 0.25) is 0 Å². The van der Waals surface area contributed by atoms with E-state index < -0.39 is 17.7 Å². The monoisotopic (exact) mass is 290 g/mol. The molecule has 4 heteroatoms. The molecule has 1 aromatic carbocycles. The second kappa shape index (κ2) is 6.31. The first-order chi connectivity index (χ1) is 9.95. The minimum atomic E-state index is -0.539. The molecular formula is C17H20F2N2. The van der Waals surface area contributed by atoms with Crippen LogP contribution < -0.4 is 5.32 Å². The van der Waals surface area contributed by atoms with E-state index in [-0.39, 0.29) is 5.56 Å². The third-order valence-electron chi connectivity index (χ3n) is 3.59. The largest absolute Gasteiger partial charge is 0.306 e. The Labute approximate surface area is 124 Å². The van der Waals surface area contributed by atoms with Crippen molar-refractivity contribution in [1.82, 2.24) is 10.3 Å². The maximum absolute atomic E-state index is 14.4. The standard InChI is InChI=1S/C17H20F2N2/c1-5-20-17(13-8-7-11(3)21-12(13)4)15-14(18)9-6-10(2)16(15)19/h6-9,17,20H,5H2,1-4H3. The number of rotatable bonds is 4. The van der Waals surface area contributed by atoms with E-state index in [1.165, 1.54) is 12.1 Å². The number of nitrogens with zero attached hydrogens (tertiary/aromatic N) is 1. The summed E-state index contributed by atoms with van der Waals surface area (Å²) in [4.78, 5) is 4.40. The molecule has 0 saturated carbocycles. The molecule has 0 saturated heterocycles. The van der Waals surface area contributed by atoms with E-state index >= 15 is 0 Å². The topological polar surface area (TPSA) is 24.9 Å². The number of nitrogens with one attached hydrogen (secondary N) is 1. The zero-order valence-corrected chi connectivity index (χ0v) is 12.8. The van der Waals surface area contributed by atoms with Gasteiger partial charge in [-0.05, 0) is 50.6 Å². The maximum Gasteiger partial charge on any atom is 0.134 e. The van der Waals surface area contributed by atoms with Crippen LogP contribution in [0.2, 0.25) is 0 Å². The molecule has 1 atom stereocenters. The van der Waals surface area contributed by atoms with Crippen LogP contribution in [0.25, 0.3) is 0 Å². The Hall–Kier alpha value is -1.81. The highest BCUT2D eigenvalue weighted by Gasteiger charge is 2.24. The fourth-order valence-corrected chi connectivity index (χ4v) is 2.52. The number of aromatic nitrogens is 1. The average molecular weight is 290 g/mol. The van der Waals surface area contributed by atoms with Gasteiger partial charge in [-0.1, -0.05) is 19.1 Å². The van der Waals surface area contributed by atoms with Gasteiger partial charge in [0.25, 0.3) is 0 Å². The molecule has 2 aromatic rings. The molecule has 0 aliphatic heterocycles. The molecule has 0 amide bonds. The van der Waals surface area contributed by atoms with Crippen LogP contribution in [-0.4, -0.2) is 11.5 Å². The normalized spacial score (nSPS) is 12.5. The fourth-order valence-electron chi connectivity index (χ4n) is 2.52. The van der Waals surface area contributed by atoms with Crippen LogP contribution in [0.5, 0.6) is 0 Å². The van der Waals surface area contributed by atoms with E-state index in [0.29, 0.717) is 12.1 Å². The van der Waals surface area contributed by atoms with Crippen molar-refractivity contribution in [3.63, 3.8) is 0 Å².